The molecule has 2 atom stereocenters. The van der Waals surface area contributed by atoms with Gasteiger partial charge in [0.15, 0.2) is 0 Å². The van der Waals surface area contributed by atoms with Crippen molar-refractivity contribution < 1.29 is 0 Å². The first-order chi connectivity index (χ1) is 6.19. The van der Waals surface area contributed by atoms with E-state index in [2.05, 4.69) is 24.0 Å². The molecule has 3 nitrogen and oxygen atoms in total. The van der Waals surface area contributed by atoms with Gasteiger partial charge in [-0.05, 0) is 37.6 Å². The normalized spacial score (nSPS) is 27.5. The molecule has 0 saturated heterocycles. The second-order valence-electron chi connectivity index (χ2n) is 3.67. The summed E-state index contributed by atoms with van der Waals surface area (Å²) in [5.41, 5.74) is 1.02. The number of nitrogens with one attached hydrogen (secondary N) is 3. The quantitative estimate of drug-likeness (QED) is 0.468. The van der Waals surface area contributed by atoms with E-state index >= 15 is 0 Å². The minimum atomic E-state index is 0.350. The van der Waals surface area contributed by atoms with Crippen molar-refractivity contribution in [2.45, 2.75) is 32.4 Å². The van der Waals surface area contributed by atoms with Gasteiger partial charge in [-0.1, -0.05) is 0 Å². The highest BCUT2D eigenvalue weighted by Gasteiger charge is 2.38. The number of halogens is 1. The first-order valence-electron chi connectivity index (χ1n) is 4.51. The van der Waals surface area contributed by atoms with E-state index in [9.17, 15) is 0 Å². The van der Waals surface area contributed by atoms with Crippen LogP contribution in [-0.4, -0.2) is 18.3 Å². The topological polar surface area (TPSA) is 47.9 Å². The van der Waals surface area contributed by atoms with Gasteiger partial charge in [0.25, 0.3) is 0 Å². The Labute approximate surface area is 84.2 Å². The van der Waals surface area contributed by atoms with Crippen LogP contribution in [0, 0.1) is 11.3 Å². The second-order valence-corrected chi connectivity index (χ2v) is 3.89. The van der Waals surface area contributed by atoms with Crippen LogP contribution in [0.3, 0.4) is 0 Å². The monoisotopic (exact) mass is 201 g/mol. The van der Waals surface area contributed by atoms with E-state index in [-0.39, 0.29) is 0 Å². The molecule has 4 heteroatoms. The molecule has 1 rings (SSSR count). The van der Waals surface area contributed by atoms with Crippen molar-refractivity contribution in [1.82, 2.24) is 10.2 Å². The zero-order chi connectivity index (χ0) is 9.84. The summed E-state index contributed by atoms with van der Waals surface area (Å²) in [7, 11) is 0. The summed E-state index contributed by atoms with van der Waals surface area (Å²) in [5.74, 6) is 0.418. The first kappa shape index (κ1) is 10.5. The van der Waals surface area contributed by atoms with Crippen LogP contribution in [0.2, 0.25) is 0 Å². The zero-order valence-corrected chi connectivity index (χ0v) is 8.73. The fourth-order valence-corrected chi connectivity index (χ4v) is 1.44. The lowest BCUT2D eigenvalue weighted by Crippen LogP contribution is -2.17. The minimum absolute atomic E-state index is 0.350. The number of hydrogen-bond acceptors (Lipinski definition) is 3. The predicted molar refractivity (Wildman–Crippen MR) is 56.0 cm³/mol. The van der Waals surface area contributed by atoms with Gasteiger partial charge >= 0.3 is 0 Å². The summed E-state index contributed by atoms with van der Waals surface area (Å²) in [6.07, 6.45) is 4.34. The maximum atomic E-state index is 7.24. The molecule has 0 aromatic carbocycles. The van der Waals surface area contributed by atoms with E-state index in [0.29, 0.717) is 18.0 Å². The average Bonchev–Trinajstić information content (AvgIpc) is 2.84. The molecular weight excluding hydrogens is 186 g/mol. The molecule has 1 fully saturated rings. The van der Waals surface area contributed by atoms with E-state index in [4.69, 9.17) is 17.2 Å². The molecular formula is C9H16ClN3. The van der Waals surface area contributed by atoms with Crippen molar-refractivity contribution in [2.75, 3.05) is 0 Å². The largest absolute Gasteiger partial charge is 0.388 e. The van der Waals surface area contributed by atoms with Gasteiger partial charge < -0.3 is 10.7 Å². The third-order valence-electron chi connectivity index (χ3n) is 2.11. The fraction of sp³-hybridized carbons (Fsp3) is 0.667. The van der Waals surface area contributed by atoms with Crippen LogP contribution in [0.25, 0.3) is 0 Å². The van der Waals surface area contributed by atoms with Gasteiger partial charge in [-0.25, -0.2) is 4.84 Å². The van der Waals surface area contributed by atoms with Crippen LogP contribution in [0.1, 0.15) is 20.3 Å². The standard InChI is InChI=1S/C9H16ClN3/c1-6(2)12-5-7(4-11)8-3-9(8)13-10/h4-6,8-9,11-13H,3H2,1-2H3/b7-5+,11-4?. The summed E-state index contributed by atoms with van der Waals surface area (Å²) in [6, 6.07) is 0.764. The highest BCUT2D eigenvalue weighted by Crippen LogP contribution is 2.36. The molecule has 1 aliphatic rings. The molecule has 0 heterocycles. The molecule has 0 aliphatic heterocycles. The molecule has 0 aromatic heterocycles. The maximum absolute atomic E-state index is 7.24. The van der Waals surface area contributed by atoms with Gasteiger partial charge in [-0.15, -0.1) is 0 Å². The van der Waals surface area contributed by atoms with Gasteiger partial charge in [-0.2, -0.15) is 0 Å². The molecule has 0 bridgehead atoms. The van der Waals surface area contributed by atoms with Gasteiger partial charge in [0.1, 0.15) is 0 Å². The SMILES string of the molecule is CC(C)N/C=C(\C=N)C1CC1NCl. The maximum Gasteiger partial charge on any atom is 0.0297 e. The van der Waals surface area contributed by atoms with E-state index in [1.54, 1.807) is 0 Å². The van der Waals surface area contributed by atoms with Crippen molar-refractivity contribution in [2.24, 2.45) is 5.92 Å². The Kier molecular flexibility index (Phi) is 3.75. The first-order valence-corrected chi connectivity index (χ1v) is 4.89. The molecule has 0 radical (unpaired) electrons. The third kappa shape index (κ3) is 3.01. The van der Waals surface area contributed by atoms with E-state index in [0.717, 1.165) is 12.0 Å². The predicted octanol–water partition coefficient (Wildman–Crippen LogP) is 1.65. The van der Waals surface area contributed by atoms with Crippen molar-refractivity contribution in [3.05, 3.63) is 11.8 Å². The lowest BCUT2D eigenvalue weighted by atomic mass is 10.2. The van der Waals surface area contributed by atoms with Crippen molar-refractivity contribution in [3.8, 4) is 0 Å². The van der Waals surface area contributed by atoms with Crippen molar-refractivity contribution >= 4 is 18.0 Å². The fourth-order valence-electron chi connectivity index (χ4n) is 1.20. The summed E-state index contributed by atoms with van der Waals surface area (Å²) in [5, 5.41) is 10.4. The Balaban J connectivity index is 2.44. The molecule has 0 spiro atoms. The molecule has 0 amide bonds. The van der Waals surface area contributed by atoms with Gasteiger partial charge in [-0.3, -0.25) is 0 Å². The summed E-state index contributed by atoms with van der Waals surface area (Å²) < 4.78 is 0. The Morgan fingerprint density at radius 2 is 2.31 bits per heavy atom. The molecule has 1 aliphatic carbocycles. The molecule has 13 heavy (non-hydrogen) atoms. The number of rotatable bonds is 5. The van der Waals surface area contributed by atoms with Crippen LogP contribution in [0.15, 0.2) is 11.8 Å². The van der Waals surface area contributed by atoms with Crippen molar-refractivity contribution in [3.63, 3.8) is 0 Å². The summed E-state index contributed by atoms with van der Waals surface area (Å²) in [6.45, 7) is 4.14. The van der Waals surface area contributed by atoms with Crippen LogP contribution in [-0.2, 0) is 0 Å². The van der Waals surface area contributed by atoms with Crippen molar-refractivity contribution in [1.29, 1.82) is 5.41 Å². The summed E-state index contributed by atoms with van der Waals surface area (Å²) in [4.78, 5) is 2.69. The number of hydrogen-bond donors (Lipinski definition) is 3. The molecule has 0 aromatic rings. The van der Waals surface area contributed by atoms with Crippen LogP contribution in [0.4, 0.5) is 0 Å². The van der Waals surface area contributed by atoms with Crippen LogP contribution in [0.5, 0.6) is 0 Å². The van der Waals surface area contributed by atoms with Gasteiger partial charge in [0.2, 0.25) is 0 Å². The van der Waals surface area contributed by atoms with E-state index in [1.807, 2.05) is 6.20 Å². The molecule has 1 saturated carbocycles. The zero-order valence-electron chi connectivity index (χ0n) is 7.97. The van der Waals surface area contributed by atoms with Gasteiger partial charge in [0, 0.05) is 30.4 Å². The van der Waals surface area contributed by atoms with Crippen LogP contribution < -0.4 is 10.2 Å². The Hall–Kier alpha value is -0.540. The average molecular weight is 202 g/mol. The smallest absolute Gasteiger partial charge is 0.0297 e. The Morgan fingerprint density at radius 1 is 1.62 bits per heavy atom. The minimum Gasteiger partial charge on any atom is -0.388 e. The Bertz CT molecular complexity index is 213. The van der Waals surface area contributed by atoms with Gasteiger partial charge in [0.05, 0.1) is 0 Å². The summed E-state index contributed by atoms with van der Waals surface area (Å²) >= 11 is 5.48. The molecule has 2 unspecified atom stereocenters. The van der Waals surface area contributed by atoms with E-state index in [1.165, 1.54) is 6.21 Å². The molecule has 74 valence electrons. The second kappa shape index (κ2) is 4.63. The molecule has 3 N–H and O–H groups in total. The highest BCUT2D eigenvalue weighted by atomic mass is 35.5. The lowest BCUT2D eigenvalue weighted by Gasteiger charge is -2.06. The Morgan fingerprint density at radius 3 is 2.69 bits per heavy atom. The van der Waals surface area contributed by atoms with Crippen LogP contribution >= 0.6 is 11.8 Å². The van der Waals surface area contributed by atoms with E-state index < -0.39 is 0 Å². The highest BCUT2D eigenvalue weighted by molar-refractivity contribution is 6.13. The lowest BCUT2D eigenvalue weighted by molar-refractivity contribution is 0.695. The third-order valence-corrected chi connectivity index (χ3v) is 2.39.